The predicted molar refractivity (Wildman–Crippen MR) is 61.5 cm³/mol. The first-order chi connectivity index (χ1) is 7.78. The van der Waals surface area contributed by atoms with E-state index in [2.05, 4.69) is 21.3 Å². The molecule has 80 valence electrons. The van der Waals surface area contributed by atoms with Crippen molar-refractivity contribution in [1.82, 2.24) is 15.2 Å². The average molecular weight is 231 g/mol. The number of aromatic amines is 1. The molecule has 0 aliphatic heterocycles. The van der Waals surface area contributed by atoms with Gasteiger partial charge in [0.05, 0.1) is 11.6 Å². The Morgan fingerprint density at radius 1 is 1.50 bits per heavy atom. The zero-order valence-electron chi connectivity index (χ0n) is 8.34. The van der Waals surface area contributed by atoms with Crippen LogP contribution in [0.4, 0.5) is 5.95 Å². The lowest BCUT2D eigenvalue weighted by Gasteiger charge is -1.98. The molecule has 3 N–H and O–H groups in total. The van der Waals surface area contributed by atoms with Crippen molar-refractivity contribution < 1.29 is 0 Å². The third kappa shape index (κ3) is 2.52. The number of hydrogen-bond acceptors (Lipinski definition) is 5. The number of nitriles is 1. The van der Waals surface area contributed by atoms with Crippen LogP contribution in [-0.2, 0) is 5.75 Å². The number of hydrogen-bond donors (Lipinski definition) is 2. The quantitative estimate of drug-likeness (QED) is 0.782. The summed E-state index contributed by atoms with van der Waals surface area (Å²) in [5, 5.41) is 15.8. The van der Waals surface area contributed by atoms with Crippen molar-refractivity contribution in [1.29, 1.82) is 5.26 Å². The molecular weight excluding hydrogens is 222 g/mol. The summed E-state index contributed by atoms with van der Waals surface area (Å²) in [4.78, 5) is 3.98. The van der Waals surface area contributed by atoms with Crippen LogP contribution in [0.25, 0.3) is 0 Å². The Kier molecular flexibility index (Phi) is 3.08. The van der Waals surface area contributed by atoms with Gasteiger partial charge in [0, 0.05) is 5.75 Å². The molecule has 2 aromatic rings. The van der Waals surface area contributed by atoms with Crippen molar-refractivity contribution >= 4 is 17.7 Å². The van der Waals surface area contributed by atoms with Gasteiger partial charge in [-0.25, -0.2) is 5.10 Å². The van der Waals surface area contributed by atoms with E-state index in [4.69, 9.17) is 11.0 Å². The Bertz CT molecular complexity index is 528. The van der Waals surface area contributed by atoms with Crippen LogP contribution >= 0.6 is 11.8 Å². The van der Waals surface area contributed by atoms with E-state index < -0.39 is 0 Å². The molecule has 0 radical (unpaired) electrons. The first-order valence-electron chi connectivity index (χ1n) is 4.57. The predicted octanol–water partition coefficient (Wildman–Crippen LogP) is 1.55. The number of H-pyrrole nitrogens is 1. The molecule has 1 heterocycles. The summed E-state index contributed by atoms with van der Waals surface area (Å²) < 4.78 is 0. The van der Waals surface area contributed by atoms with E-state index >= 15 is 0 Å². The molecule has 2 rings (SSSR count). The third-order valence-electron chi connectivity index (χ3n) is 1.91. The highest BCUT2D eigenvalue weighted by Gasteiger charge is 2.02. The Morgan fingerprint density at radius 2 is 2.38 bits per heavy atom. The SMILES string of the molecule is N#Cc1cccc(CSc2n[nH]c(N)n2)c1. The fraction of sp³-hybridized carbons (Fsp3) is 0.100. The van der Waals surface area contributed by atoms with Gasteiger partial charge in [-0.2, -0.15) is 10.2 Å². The highest BCUT2D eigenvalue weighted by molar-refractivity contribution is 7.98. The maximum atomic E-state index is 8.75. The number of nitrogens with one attached hydrogen (secondary N) is 1. The van der Waals surface area contributed by atoms with Gasteiger partial charge >= 0.3 is 0 Å². The molecule has 0 saturated carbocycles. The zero-order chi connectivity index (χ0) is 11.4. The smallest absolute Gasteiger partial charge is 0.216 e. The van der Waals surface area contributed by atoms with Crippen molar-refractivity contribution in [3.05, 3.63) is 35.4 Å². The van der Waals surface area contributed by atoms with Crippen LogP contribution in [0.3, 0.4) is 0 Å². The van der Waals surface area contributed by atoms with E-state index in [0.717, 1.165) is 5.56 Å². The van der Waals surface area contributed by atoms with Gasteiger partial charge in [-0.1, -0.05) is 23.9 Å². The van der Waals surface area contributed by atoms with Gasteiger partial charge in [0.25, 0.3) is 0 Å². The van der Waals surface area contributed by atoms with E-state index in [1.807, 2.05) is 18.2 Å². The lowest BCUT2D eigenvalue weighted by Crippen LogP contribution is -1.85. The number of rotatable bonds is 3. The number of nitrogens with two attached hydrogens (primary N) is 1. The topological polar surface area (TPSA) is 91.4 Å². The summed E-state index contributed by atoms with van der Waals surface area (Å²) in [6, 6.07) is 9.55. The van der Waals surface area contributed by atoms with E-state index in [1.165, 1.54) is 11.8 Å². The van der Waals surface area contributed by atoms with Gasteiger partial charge in [0.15, 0.2) is 0 Å². The molecule has 0 saturated heterocycles. The maximum Gasteiger partial charge on any atom is 0.216 e. The average Bonchev–Trinajstić information content (AvgIpc) is 2.73. The van der Waals surface area contributed by atoms with Gasteiger partial charge < -0.3 is 5.73 Å². The van der Waals surface area contributed by atoms with Crippen molar-refractivity contribution in [2.75, 3.05) is 5.73 Å². The molecule has 0 aliphatic rings. The number of nitrogens with zero attached hydrogens (tertiary/aromatic N) is 3. The number of aromatic nitrogens is 3. The van der Waals surface area contributed by atoms with Crippen LogP contribution in [0, 0.1) is 11.3 Å². The highest BCUT2D eigenvalue weighted by Crippen LogP contribution is 2.19. The first kappa shape index (κ1) is 10.5. The molecule has 1 aromatic heterocycles. The van der Waals surface area contributed by atoms with Crippen LogP contribution < -0.4 is 5.73 Å². The van der Waals surface area contributed by atoms with Gasteiger partial charge in [-0.15, -0.1) is 5.10 Å². The maximum absolute atomic E-state index is 8.75. The molecule has 0 unspecified atom stereocenters. The first-order valence-corrected chi connectivity index (χ1v) is 5.56. The Hall–Kier alpha value is -2.00. The molecule has 0 bridgehead atoms. The molecular formula is C10H9N5S. The molecule has 1 aromatic carbocycles. The van der Waals surface area contributed by atoms with Crippen LogP contribution in [0.1, 0.15) is 11.1 Å². The van der Waals surface area contributed by atoms with Gasteiger partial charge in [-0.3, -0.25) is 0 Å². The fourth-order valence-corrected chi connectivity index (χ4v) is 1.95. The third-order valence-corrected chi connectivity index (χ3v) is 2.82. The monoisotopic (exact) mass is 231 g/mol. The molecule has 0 spiro atoms. The summed E-state index contributed by atoms with van der Waals surface area (Å²) in [6.07, 6.45) is 0. The van der Waals surface area contributed by atoms with Gasteiger partial charge in [-0.05, 0) is 17.7 Å². The molecule has 6 heteroatoms. The van der Waals surface area contributed by atoms with Crippen LogP contribution in [-0.4, -0.2) is 15.2 Å². The van der Waals surface area contributed by atoms with Gasteiger partial charge in [0.1, 0.15) is 0 Å². The highest BCUT2D eigenvalue weighted by atomic mass is 32.2. The van der Waals surface area contributed by atoms with E-state index in [0.29, 0.717) is 22.4 Å². The van der Waals surface area contributed by atoms with Crippen molar-refractivity contribution in [2.24, 2.45) is 0 Å². The number of anilines is 1. The lowest BCUT2D eigenvalue weighted by atomic mass is 10.2. The lowest BCUT2D eigenvalue weighted by molar-refractivity contribution is 0.973. The summed E-state index contributed by atoms with van der Waals surface area (Å²) in [5.74, 6) is 1.03. The number of benzene rings is 1. The van der Waals surface area contributed by atoms with E-state index in [-0.39, 0.29) is 0 Å². The second kappa shape index (κ2) is 4.68. The van der Waals surface area contributed by atoms with Crippen molar-refractivity contribution in [3.63, 3.8) is 0 Å². The Balaban J connectivity index is 2.02. The van der Waals surface area contributed by atoms with E-state index in [9.17, 15) is 0 Å². The minimum Gasteiger partial charge on any atom is -0.368 e. The van der Waals surface area contributed by atoms with Gasteiger partial charge in [0.2, 0.25) is 11.1 Å². The van der Waals surface area contributed by atoms with Crippen LogP contribution in [0.2, 0.25) is 0 Å². The molecule has 0 aliphatic carbocycles. The van der Waals surface area contributed by atoms with Crippen molar-refractivity contribution in [2.45, 2.75) is 10.9 Å². The summed E-state index contributed by atoms with van der Waals surface area (Å²) in [5.41, 5.74) is 7.13. The summed E-state index contributed by atoms with van der Waals surface area (Å²) in [6.45, 7) is 0. The number of nitrogen functional groups attached to an aromatic ring is 1. The summed E-state index contributed by atoms with van der Waals surface area (Å²) >= 11 is 1.47. The minimum absolute atomic E-state index is 0.313. The molecule has 16 heavy (non-hydrogen) atoms. The van der Waals surface area contributed by atoms with E-state index in [1.54, 1.807) is 6.07 Å². The largest absolute Gasteiger partial charge is 0.368 e. The molecule has 0 amide bonds. The zero-order valence-corrected chi connectivity index (χ0v) is 9.16. The number of thioether (sulfide) groups is 1. The fourth-order valence-electron chi connectivity index (χ4n) is 1.20. The standard InChI is InChI=1S/C10H9N5S/c11-5-7-2-1-3-8(4-7)6-16-10-13-9(12)14-15-10/h1-4H,6H2,(H3,12,13,14,15). The van der Waals surface area contributed by atoms with Crippen LogP contribution in [0.5, 0.6) is 0 Å². The normalized spacial score (nSPS) is 9.94. The second-order valence-electron chi connectivity index (χ2n) is 3.10. The molecule has 0 fully saturated rings. The Morgan fingerprint density at radius 3 is 3.06 bits per heavy atom. The van der Waals surface area contributed by atoms with Crippen LogP contribution in [0.15, 0.2) is 29.4 Å². The second-order valence-corrected chi connectivity index (χ2v) is 4.05. The molecule has 0 atom stereocenters. The minimum atomic E-state index is 0.313. The van der Waals surface area contributed by atoms with Crippen molar-refractivity contribution in [3.8, 4) is 6.07 Å². The Labute approximate surface area is 96.7 Å². The summed E-state index contributed by atoms with van der Waals surface area (Å²) in [7, 11) is 0. The molecule has 5 nitrogen and oxygen atoms in total.